The first-order chi connectivity index (χ1) is 16.3. The van der Waals surface area contributed by atoms with Gasteiger partial charge in [0.25, 0.3) is 10.0 Å². The lowest BCUT2D eigenvalue weighted by atomic mass is 10.2. The molecule has 1 aliphatic heterocycles. The van der Waals surface area contributed by atoms with Crippen molar-refractivity contribution >= 4 is 49.4 Å². The van der Waals surface area contributed by atoms with Gasteiger partial charge in [0.1, 0.15) is 12.1 Å². The summed E-state index contributed by atoms with van der Waals surface area (Å²) in [4.78, 5) is 30.5. The van der Waals surface area contributed by atoms with Gasteiger partial charge in [-0.05, 0) is 26.0 Å². The van der Waals surface area contributed by atoms with E-state index in [1.807, 2.05) is 12.1 Å². The second-order valence-electron chi connectivity index (χ2n) is 7.86. The number of hydrogen-bond donors (Lipinski definition) is 2. The van der Waals surface area contributed by atoms with Gasteiger partial charge in [-0.3, -0.25) is 10.2 Å². The maximum Gasteiger partial charge on any atom is 0.413 e. The van der Waals surface area contributed by atoms with Crippen LogP contribution in [0, 0.1) is 6.92 Å². The number of hydrogen-bond acceptors (Lipinski definition) is 11. The predicted molar refractivity (Wildman–Crippen MR) is 128 cm³/mol. The first-order valence-corrected chi connectivity index (χ1v) is 12.9. The highest BCUT2D eigenvalue weighted by molar-refractivity contribution is 7.91. The smallest absolute Gasteiger partial charge is 0.413 e. The van der Waals surface area contributed by atoms with Gasteiger partial charge in [-0.2, -0.15) is 4.31 Å². The van der Waals surface area contributed by atoms with E-state index in [9.17, 15) is 13.2 Å². The molecule has 1 atom stereocenters. The van der Waals surface area contributed by atoms with Gasteiger partial charge in [0, 0.05) is 45.0 Å². The minimum absolute atomic E-state index is 0.0807. The van der Waals surface area contributed by atoms with Gasteiger partial charge in [-0.25, -0.2) is 33.1 Å². The molecule has 1 fully saturated rings. The van der Waals surface area contributed by atoms with Crippen molar-refractivity contribution in [3.63, 3.8) is 0 Å². The summed E-state index contributed by atoms with van der Waals surface area (Å²) >= 11 is 0.924. The average molecular weight is 507 g/mol. The van der Waals surface area contributed by atoms with Crippen molar-refractivity contribution in [1.82, 2.24) is 29.1 Å². The Morgan fingerprint density at radius 1 is 1.24 bits per heavy atom. The number of methoxy groups -OCH3 is 1. The molecule has 3 aromatic rings. The van der Waals surface area contributed by atoms with Crippen molar-refractivity contribution in [3.8, 4) is 0 Å². The zero-order valence-corrected chi connectivity index (χ0v) is 20.7. The first-order valence-electron chi connectivity index (χ1n) is 10.6. The Hall–Kier alpha value is -2.94. The number of piperazine rings is 1. The molecule has 4 heterocycles. The van der Waals surface area contributed by atoms with E-state index in [1.165, 1.54) is 17.7 Å². The molecule has 4 rings (SSSR count). The number of sulfonamides is 1. The van der Waals surface area contributed by atoms with Crippen LogP contribution in [0.15, 0.2) is 28.9 Å². The number of pyridine rings is 1. The van der Waals surface area contributed by atoms with Crippen LogP contribution in [0.3, 0.4) is 0 Å². The summed E-state index contributed by atoms with van der Waals surface area (Å²) in [5.41, 5.74) is 0.984. The number of thiazole rings is 1. The Morgan fingerprint density at radius 3 is 2.74 bits per heavy atom. The minimum Gasteiger partial charge on any atom is -0.453 e. The lowest BCUT2D eigenvalue weighted by Crippen LogP contribution is -2.50. The number of nitrogens with zero attached hydrogens (tertiary/aromatic N) is 6. The van der Waals surface area contributed by atoms with E-state index in [1.54, 1.807) is 13.1 Å². The monoisotopic (exact) mass is 506 g/mol. The Labute approximate surface area is 201 Å². The second-order valence-corrected chi connectivity index (χ2v) is 11.0. The number of carbonyl (C=O) groups is 1. The molecule has 0 aromatic carbocycles. The normalized spacial score (nSPS) is 16.3. The summed E-state index contributed by atoms with van der Waals surface area (Å²) in [5, 5.41) is 6.88. The molecule has 182 valence electrons. The highest BCUT2D eigenvalue weighted by Gasteiger charge is 2.32. The summed E-state index contributed by atoms with van der Waals surface area (Å²) < 4.78 is 32.5. The number of aryl methyl sites for hydroxylation is 1. The molecule has 0 aliphatic carbocycles. The number of anilines is 2. The van der Waals surface area contributed by atoms with E-state index < -0.39 is 16.1 Å². The molecule has 1 amide bonds. The van der Waals surface area contributed by atoms with Crippen LogP contribution in [-0.2, 0) is 14.8 Å². The summed E-state index contributed by atoms with van der Waals surface area (Å²) in [6, 6.07) is 3.85. The Kier molecular flexibility index (Phi) is 7.21. The van der Waals surface area contributed by atoms with Gasteiger partial charge in [-0.15, -0.1) is 0 Å². The Balaban J connectivity index is 1.35. The topological polar surface area (TPSA) is 143 Å². The van der Waals surface area contributed by atoms with Crippen LogP contribution in [0.5, 0.6) is 0 Å². The number of aromatic nitrogens is 4. The van der Waals surface area contributed by atoms with Gasteiger partial charge >= 0.3 is 6.09 Å². The standard InChI is InChI=1S/C20H26N8O4S2/c1-13(24-17-15-5-4-6-21-16(15)22-12-23-17)11-27-7-9-28(10-8-27)34(30,31)18-14(2)25-19(33-18)26-20(29)32-3/h4-6,12-13H,7-11H2,1-3H3,(H,25,26,29)(H,21,22,23,24)/t13-/m0/s1. The van der Waals surface area contributed by atoms with Crippen molar-refractivity contribution in [3.05, 3.63) is 30.4 Å². The molecule has 1 saturated heterocycles. The Morgan fingerprint density at radius 2 is 2.00 bits per heavy atom. The van der Waals surface area contributed by atoms with Crippen LogP contribution < -0.4 is 10.6 Å². The molecule has 1 aliphatic rings. The second kappa shape index (κ2) is 10.1. The molecular weight excluding hydrogens is 480 g/mol. The third-order valence-corrected chi connectivity index (χ3v) is 8.94. The van der Waals surface area contributed by atoms with Crippen molar-refractivity contribution in [2.45, 2.75) is 24.1 Å². The molecule has 0 radical (unpaired) electrons. The summed E-state index contributed by atoms with van der Waals surface area (Å²) in [7, 11) is -2.48. The number of nitrogens with one attached hydrogen (secondary N) is 2. The molecule has 12 nitrogen and oxygen atoms in total. The van der Waals surface area contributed by atoms with Crippen LogP contribution in [0.25, 0.3) is 11.0 Å². The summed E-state index contributed by atoms with van der Waals surface area (Å²) in [6.45, 7) is 6.34. The van der Waals surface area contributed by atoms with Gasteiger partial charge in [0.2, 0.25) is 0 Å². The SMILES string of the molecule is COC(=O)Nc1nc(C)c(S(=O)(=O)N2CCN(C[C@H](C)Nc3ncnc4ncccc34)CC2)s1. The van der Waals surface area contributed by atoms with Crippen molar-refractivity contribution in [2.75, 3.05) is 50.5 Å². The van der Waals surface area contributed by atoms with Crippen LogP contribution >= 0.6 is 11.3 Å². The number of fused-ring (bicyclic) bond motifs is 1. The average Bonchev–Trinajstić information content (AvgIpc) is 3.20. The maximum atomic E-state index is 13.2. The van der Waals surface area contributed by atoms with Gasteiger partial charge in [0.05, 0.1) is 18.2 Å². The van der Waals surface area contributed by atoms with E-state index in [0.29, 0.717) is 37.5 Å². The lowest BCUT2D eigenvalue weighted by molar-refractivity contribution is 0.184. The van der Waals surface area contributed by atoms with Crippen LogP contribution in [0.1, 0.15) is 12.6 Å². The minimum atomic E-state index is -3.71. The summed E-state index contributed by atoms with van der Waals surface area (Å²) in [6.07, 6.45) is 2.49. The van der Waals surface area contributed by atoms with E-state index in [2.05, 4.69) is 47.1 Å². The van der Waals surface area contributed by atoms with E-state index in [0.717, 1.165) is 29.1 Å². The van der Waals surface area contributed by atoms with Gasteiger partial charge in [0.15, 0.2) is 15.0 Å². The lowest BCUT2D eigenvalue weighted by Gasteiger charge is -2.35. The number of carbonyl (C=O) groups excluding carboxylic acids is 1. The third kappa shape index (κ3) is 5.24. The highest BCUT2D eigenvalue weighted by atomic mass is 32.2. The largest absolute Gasteiger partial charge is 0.453 e. The highest BCUT2D eigenvalue weighted by Crippen LogP contribution is 2.30. The fraction of sp³-hybridized carbons (Fsp3) is 0.450. The van der Waals surface area contributed by atoms with Crippen LogP contribution in [-0.4, -0.2) is 89.5 Å². The van der Waals surface area contributed by atoms with E-state index in [4.69, 9.17) is 0 Å². The van der Waals surface area contributed by atoms with Crippen molar-refractivity contribution < 1.29 is 17.9 Å². The fourth-order valence-electron chi connectivity index (χ4n) is 3.76. The summed E-state index contributed by atoms with van der Waals surface area (Å²) in [5.74, 6) is 0.726. The van der Waals surface area contributed by atoms with E-state index >= 15 is 0 Å². The zero-order chi connectivity index (χ0) is 24.3. The molecule has 0 bridgehead atoms. The van der Waals surface area contributed by atoms with Crippen LogP contribution in [0.2, 0.25) is 0 Å². The van der Waals surface area contributed by atoms with Gasteiger partial charge in [-0.1, -0.05) is 11.3 Å². The van der Waals surface area contributed by atoms with E-state index in [-0.39, 0.29) is 15.4 Å². The number of ether oxygens (including phenoxy) is 1. The number of amides is 1. The maximum absolute atomic E-state index is 13.2. The third-order valence-electron chi connectivity index (χ3n) is 5.38. The van der Waals surface area contributed by atoms with Gasteiger partial charge < -0.3 is 10.1 Å². The Bertz CT molecular complexity index is 1270. The molecule has 0 saturated carbocycles. The molecule has 0 unspecified atom stereocenters. The van der Waals surface area contributed by atoms with Crippen molar-refractivity contribution in [2.24, 2.45) is 0 Å². The quantitative estimate of drug-likeness (QED) is 0.487. The predicted octanol–water partition coefficient (Wildman–Crippen LogP) is 1.77. The first kappa shape index (κ1) is 24.2. The fourth-order valence-corrected chi connectivity index (χ4v) is 6.72. The molecular formula is C20H26N8O4S2. The number of rotatable bonds is 7. The molecule has 14 heteroatoms. The van der Waals surface area contributed by atoms with Crippen molar-refractivity contribution in [1.29, 1.82) is 0 Å². The molecule has 2 N–H and O–H groups in total. The molecule has 3 aromatic heterocycles. The molecule has 34 heavy (non-hydrogen) atoms. The molecule has 0 spiro atoms. The van der Waals surface area contributed by atoms with Crippen LogP contribution in [0.4, 0.5) is 15.7 Å². The zero-order valence-electron chi connectivity index (χ0n) is 19.1.